The zero-order valence-electron chi connectivity index (χ0n) is 13.1. The third-order valence-electron chi connectivity index (χ3n) is 2.60. The van der Waals surface area contributed by atoms with E-state index in [1.807, 2.05) is 13.8 Å². The Morgan fingerprint density at radius 2 is 1.68 bits per heavy atom. The summed E-state index contributed by atoms with van der Waals surface area (Å²) in [5.74, 6) is -0.381. The van der Waals surface area contributed by atoms with Crippen molar-refractivity contribution < 1.29 is 19.1 Å². The van der Waals surface area contributed by atoms with E-state index in [2.05, 4.69) is 5.32 Å². The number of methoxy groups -OCH3 is 1. The average molecular weight is 273 g/mol. The van der Waals surface area contributed by atoms with Crippen molar-refractivity contribution in [3.8, 4) is 0 Å². The molecule has 1 amide bonds. The van der Waals surface area contributed by atoms with Crippen LogP contribution in [-0.4, -0.2) is 30.8 Å². The molecule has 1 N–H and O–H groups in total. The third-order valence-corrected chi connectivity index (χ3v) is 2.60. The normalized spacial score (nSPS) is 14.7. The molecule has 5 nitrogen and oxygen atoms in total. The van der Waals surface area contributed by atoms with Crippen molar-refractivity contribution in [2.45, 2.75) is 59.6 Å². The highest BCUT2D eigenvalue weighted by atomic mass is 16.6. The van der Waals surface area contributed by atoms with Crippen LogP contribution in [0.5, 0.6) is 0 Å². The summed E-state index contributed by atoms with van der Waals surface area (Å²) in [6.07, 6.45) is 0.184. The number of ether oxygens (including phenoxy) is 2. The van der Waals surface area contributed by atoms with Crippen LogP contribution in [0.4, 0.5) is 4.79 Å². The van der Waals surface area contributed by atoms with Crippen molar-refractivity contribution in [3.05, 3.63) is 0 Å². The average Bonchev–Trinajstić information content (AvgIpc) is 2.22. The van der Waals surface area contributed by atoms with Gasteiger partial charge in [0.1, 0.15) is 5.60 Å². The van der Waals surface area contributed by atoms with Gasteiger partial charge in [-0.3, -0.25) is 4.79 Å². The van der Waals surface area contributed by atoms with Crippen LogP contribution in [0.1, 0.15) is 48.0 Å². The zero-order valence-corrected chi connectivity index (χ0v) is 13.1. The van der Waals surface area contributed by atoms with E-state index in [1.165, 1.54) is 7.11 Å². The highest BCUT2D eigenvalue weighted by Crippen LogP contribution is 2.16. The molecule has 112 valence electrons. The molecular formula is C14H27NO4. The maximum atomic E-state index is 11.8. The van der Waals surface area contributed by atoms with Gasteiger partial charge in [0.15, 0.2) is 0 Å². The molecule has 0 heterocycles. The molecule has 0 unspecified atom stereocenters. The lowest BCUT2D eigenvalue weighted by molar-refractivity contribution is -0.145. The van der Waals surface area contributed by atoms with Crippen molar-refractivity contribution in [3.63, 3.8) is 0 Å². The Morgan fingerprint density at radius 3 is 2.05 bits per heavy atom. The number of amides is 1. The van der Waals surface area contributed by atoms with E-state index in [9.17, 15) is 9.59 Å². The Balaban J connectivity index is 4.68. The number of esters is 1. The maximum absolute atomic E-state index is 11.8. The van der Waals surface area contributed by atoms with Crippen molar-refractivity contribution in [1.82, 2.24) is 5.32 Å². The molecule has 0 aromatic heterocycles. The molecule has 0 spiro atoms. The largest absolute Gasteiger partial charge is 0.469 e. The summed E-state index contributed by atoms with van der Waals surface area (Å²) >= 11 is 0. The summed E-state index contributed by atoms with van der Waals surface area (Å²) in [5.41, 5.74) is -0.555. The summed E-state index contributed by atoms with van der Waals surface area (Å²) in [6, 6.07) is -0.290. The SMILES string of the molecule is COC(=O)[C@H](C)[C@@H](CC(C)C)NC(=O)OC(C)(C)C. The number of hydrogen-bond acceptors (Lipinski definition) is 4. The minimum Gasteiger partial charge on any atom is -0.469 e. The first-order valence-corrected chi connectivity index (χ1v) is 6.64. The second-order valence-corrected chi connectivity index (χ2v) is 6.19. The number of nitrogens with one attached hydrogen (secondary N) is 1. The number of alkyl carbamates (subject to hydrolysis) is 1. The Kier molecular flexibility index (Phi) is 6.87. The first-order chi connectivity index (χ1) is 8.56. The van der Waals surface area contributed by atoms with Gasteiger partial charge in [-0.1, -0.05) is 13.8 Å². The van der Waals surface area contributed by atoms with E-state index in [1.54, 1.807) is 27.7 Å². The summed E-state index contributed by atoms with van der Waals surface area (Å²) in [7, 11) is 1.35. The highest BCUT2D eigenvalue weighted by molar-refractivity contribution is 5.74. The molecule has 5 heteroatoms. The Bertz CT molecular complexity index is 307. The van der Waals surface area contributed by atoms with Crippen LogP contribution in [0.15, 0.2) is 0 Å². The van der Waals surface area contributed by atoms with Gasteiger partial charge in [0.05, 0.1) is 13.0 Å². The van der Waals surface area contributed by atoms with Gasteiger partial charge in [-0.2, -0.15) is 0 Å². The predicted molar refractivity (Wildman–Crippen MR) is 73.8 cm³/mol. The molecule has 0 saturated carbocycles. The minimum atomic E-state index is -0.555. The Morgan fingerprint density at radius 1 is 1.16 bits per heavy atom. The molecular weight excluding hydrogens is 246 g/mol. The van der Waals surface area contributed by atoms with E-state index in [4.69, 9.17) is 9.47 Å². The van der Waals surface area contributed by atoms with E-state index in [0.717, 1.165) is 0 Å². The lowest BCUT2D eigenvalue weighted by atomic mass is 9.93. The fraction of sp³-hybridized carbons (Fsp3) is 0.857. The number of carbonyl (C=O) groups excluding carboxylic acids is 2. The molecule has 0 fully saturated rings. The molecule has 0 aliphatic rings. The summed E-state index contributed by atoms with van der Waals surface area (Å²) < 4.78 is 9.94. The van der Waals surface area contributed by atoms with Gasteiger partial charge in [-0.05, 0) is 40.0 Å². The molecule has 0 aromatic carbocycles. The first-order valence-electron chi connectivity index (χ1n) is 6.64. The monoisotopic (exact) mass is 273 g/mol. The number of rotatable bonds is 5. The highest BCUT2D eigenvalue weighted by Gasteiger charge is 2.28. The summed E-state index contributed by atoms with van der Waals surface area (Å²) in [5, 5.41) is 2.76. The fourth-order valence-corrected chi connectivity index (χ4v) is 1.71. The van der Waals surface area contributed by atoms with Crippen LogP contribution in [0.2, 0.25) is 0 Å². The molecule has 0 aromatic rings. The van der Waals surface area contributed by atoms with Crippen LogP contribution in [0.3, 0.4) is 0 Å². The van der Waals surface area contributed by atoms with Gasteiger partial charge >= 0.3 is 12.1 Å². The van der Waals surface area contributed by atoms with Crippen molar-refractivity contribution in [2.24, 2.45) is 11.8 Å². The van der Waals surface area contributed by atoms with E-state index < -0.39 is 17.6 Å². The smallest absolute Gasteiger partial charge is 0.407 e. The van der Waals surface area contributed by atoms with Gasteiger partial charge < -0.3 is 14.8 Å². The van der Waals surface area contributed by atoms with Gasteiger partial charge in [0.25, 0.3) is 0 Å². The molecule has 0 rings (SSSR count). The molecule has 2 atom stereocenters. The van der Waals surface area contributed by atoms with Gasteiger partial charge in [0, 0.05) is 6.04 Å². The minimum absolute atomic E-state index is 0.290. The zero-order chi connectivity index (χ0) is 15.2. The van der Waals surface area contributed by atoms with Crippen LogP contribution in [0.25, 0.3) is 0 Å². The fourth-order valence-electron chi connectivity index (χ4n) is 1.71. The number of hydrogen-bond donors (Lipinski definition) is 1. The topological polar surface area (TPSA) is 64.6 Å². The second-order valence-electron chi connectivity index (χ2n) is 6.19. The molecule has 0 aliphatic carbocycles. The Labute approximate surface area is 116 Å². The maximum Gasteiger partial charge on any atom is 0.407 e. The molecule has 0 radical (unpaired) electrons. The third kappa shape index (κ3) is 7.70. The molecule has 19 heavy (non-hydrogen) atoms. The van der Waals surface area contributed by atoms with E-state index in [0.29, 0.717) is 12.3 Å². The molecule has 0 saturated heterocycles. The van der Waals surface area contributed by atoms with Crippen LogP contribution < -0.4 is 5.32 Å². The van der Waals surface area contributed by atoms with Crippen LogP contribution >= 0.6 is 0 Å². The van der Waals surface area contributed by atoms with E-state index in [-0.39, 0.29) is 12.0 Å². The molecule has 0 aliphatic heterocycles. The van der Waals surface area contributed by atoms with Gasteiger partial charge in [0.2, 0.25) is 0 Å². The van der Waals surface area contributed by atoms with Gasteiger partial charge in [-0.15, -0.1) is 0 Å². The van der Waals surface area contributed by atoms with Gasteiger partial charge in [-0.25, -0.2) is 4.79 Å². The number of carbonyl (C=O) groups is 2. The van der Waals surface area contributed by atoms with Crippen molar-refractivity contribution in [1.29, 1.82) is 0 Å². The summed E-state index contributed by atoms with van der Waals surface area (Å²) in [6.45, 7) is 11.2. The first kappa shape index (κ1) is 17.7. The molecule has 0 bridgehead atoms. The Hall–Kier alpha value is -1.26. The van der Waals surface area contributed by atoms with Crippen molar-refractivity contribution >= 4 is 12.1 Å². The second kappa shape index (κ2) is 7.36. The lowest BCUT2D eigenvalue weighted by Crippen LogP contribution is -2.45. The standard InChI is InChI=1S/C14H27NO4/c1-9(2)8-11(10(3)12(16)18-7)15-13(17)19-14(4,5)6/h9-11H,8H2,1-7H3,(H,15,17)/t10-,11-/m1/s1. The van der Waals surface area contributed by atoms with Crippen LogP contribution in [0, 0.1) is 11.8 Å². The van der Waals surface area contributed by atoms with E-state index >= 15 is 0 Å². The quantitative estimate of drug-likeness (QED) is 0.782. The van der Waals surface area contributed by atoms with Crippen LogP contribution in [-0.2, 0) is 14.3 Å². The van der Waals surface area contributed by atoms with Crippen molar-refractivity contribution in [2.75, 3.05) is 7.11 Å². The predicted octanol–water partition coefficient (Wildman–Crippen LogP) is 2.73. The lowest BCUT2D eigenvalue weighted by Gasteiger charge is -2.27. The summed E-state index contributed by atoms with van der Waals surface area (Å²) in [4.78, 5) is 23.4.